The summed E-state index contributed by atoms with van der Waals surface area (Å²) in [5.74, 6) is 0. The molecule has 0 aromatic heterocycles. The number of nitrogens with zero attached hydrogens (tertiary/aromatic N) is 1. The van der Waals surface area contributed by atoms with Gasteiger partial charge in [0, 0.05) is 15.8 Å². The molecule has 0 spiro atoms. The van der Waals surface area contributed by atoms with E-state index in [-0.39, 0.29) is 0 Å². The predicted octanol–water partition coefficient (Wildman–Crippen LogP) is 3.13. The van der Waals surface area contributed by atoms with Crippen LogP contribution in [0.15, 0.2) is 41.4 Å². The van der Waals surface area contributed by atoms with E-state index in [9.17, 15) is 0 Å². The number of hydrogen-bond donors (Lipinski definition) is 2. The summed E-state index contributed by atoms with van der Waals surface area (Å²) in [6.45, 7) is 0. The van der Waals surface area contributed by atoms with Crippen LogP contribution in [-0.4, -0.2) is 11.5 Å². The predicted molar refractivity (Wildman–Crippen MR) is 62.0 cm³/mol. The van der Waals surface area contributed by atoms with E-state index in [4.69, 9.17) is 16.8 Å². The van der Waals surface area contributed by atoms with Crippen molar-refractivity contribution in [2.24, 2.45) is 4.99 Å². The molecule has 0 aliphatic heterocycles. The molecule has 0 amide bonds. The molecule has 2 rings (SSSR count). The van der Waals surface area contributed by atoms with E-state index in [2.05, 4.69) is 4.99 Å². The lowest BCUT2D eigenvalue weighted by Crippen LogP contribution is -2.00. The van der Waals surface area contributed by atoms with Gasteiger partial charge in [-0.25, -0.2) is 4.99 Å². The number of halogens is 1. The lowest BCUT2D eigenvalue weighted by atomic mass is 10.1. The Hall–Kier alpha value is -1.58. The molecule has 0 heterocycles. The standard InChI is InChI=1S/C11H9ClN2O/c12-10-5-6-11(13-7-14-15)9-4-2-1-3-8(9)10/h1-7,15H,(H,13,14). The molecule has 4 heteroatoms. The average Bonchev–Trinajstić information content (AvgIpc) is 2.29. The highest BCUT2D eigenvalue weighted by atomic mass is 35.5. The van der Waals surface area contributed by atoms with Gasteiger partial charge < -0.3 is 0 Å². The zero-order valence-corrected chi connectivity index (χ0v) is 8.57. The van der Waals surface area contributed by atoms with E-state index < -0.39 is 0 Å². The van der Waals surface area contributed by atoms with Crippen LogP contribution in [0.4, 0.5) is 5.69 Å². The number of rotatable bonds is 2. The molecule has 0 unspecified atom stereocenters. The first-order valence-corrected chi connectivity index (χ1v) is 4.80. The summed E-state index contributed by atoms with van der Waals surface area (Å²) in [6.07, 6.45) is 1.22. The maximum absolute atomic E-state index is 8.43. The van der Waals surface area contributed by atoms with Gasteiger partial charge >= 0.3 is 0 Å². The molecule has 0 aliphatic carbocycles. The Bertz CT molecular complexity index is 511. The third-order valence-electron chi connectivity index (χ3n) is 2.11. The van der Waals surface area contributed by atoms with Crippen LogP contribution >= 0.6 is 11.6 Å². The zero-order valence-electron chi connectivity index (χ0n) is 7.81. The maximum Gasteiger partial charge on any atom is 0.113 e. The zero-order chi connectivity index (χ0) is 10.7. The Morgan fingerprint density at radius 2 is 1.87 bits per heavy atom. The van der Waals surface area contributed by atoms with E-state index in [0.717, 1.165) is 16.5 Å². The van der Waals surface area contributed by atoms with Gasteiger partial charge in [-0.15, -0.1) is 0 Å². The van der Waals surface area contributed by atoms with Crippen molar-refractivity contribution in [1.29, 1.82) is 0 Å². The molecular formula is C11H9ClN2O. The third kappa shape index (κ3) is 1.93. The third-order valence-corrected chi connectivity index (χ3v) is 2.44. The summed E-state index contributed by atoms with van der Waals surface area (Å²) in [6, 6.07) is 11.3. The molecule has 0 bridgehead atoms. The van der Waals surface area contributed by atoms with Gasteiger partial charge in [0.1, 0.15) is 6.34 Å². The molecule has 0 fully saturated rings. The first kappa shape index (κ1) is 9.96. The van der Waals surface area contributed by atoms with Gasteiger partial charge in [-0.3, -0.25) is 10.7 Å². The molecule has 0 radical (unpaired) electrons. The van der Waals surface area contributed by atoms with E-state index >= 15 is 0 Å². The topological polar surface area (TPSA) is 44.6 Å². The fourth-order valence-electron chi connectivity index (χ4n) is 1.46. The molecule has 76 valence electrons. The normalized spacial score (nSPS) is 11.1. The summed E-state index contributed by atoms with van der Waals surface area (Å²) in [4.78, 5) is 4.05. The Kier molecular flexibility index (Phi) is 2.85. The summed E-state index contributed by atoms with van der Waals surface area (Å²) in [5.41, 5.74) is 2.63. The van der Waals surface area contributed by atoms with Gasteiger partial charge in [0.05, 0.1) is 5.69 Å². The first-order valence-electron chi connectivity index (χ1n) is 4.42. The monoisotopic (exact) mass is 220 g/mol. The van der Waals surface area contributed by atoms with Crippen molar-refractivity contribution in [3.8, 4) is 0 Å². The van der Waals surface area contributed by atoms with Crippen molar-refractivity contribution in [2.75, 3.05) is 0 Å². The Morgan fingerprint density at radius 1 is 1.13 bits per heavy atom. The summed E-state index contributed by atoms with van der Waals surface area (Å²) < 4.78 is 0. The SMILES string of the molecule is ONC=Nc1ccc(Cl)c2ccccc12. The van der Waals surface area contributed by atoms with Gasteiger partial charge in [-0.2, -0.15) is 0 Å². The minimum Gasteiger partial charge on any atom is -0.290 e. The van der Waals surface area contributed by atoms with Crippen molar-refractivity contribution >= 4 is 34.4 Å². The van der Waals surface area contributed by atoms with Gasteiger partial charge in [0.15, 0.2) is 0 Å². The molecule has 2 aromatic rings. The lowest BCUT2D eigenvalue weighted by molar-refractivity contribution is 0.240. The highest BCUT2D eigenvalue weighted by molar-refractivity contribution is 6.36. The van der Waals surface area contributed by atoms with Crippen LogP contribution in [0.25, 0.3) is 10.8 Å². The van der Waals surface area contributed by atoms with Crippen LogP contribution in [0, 0.1) is 0 Å². The number of aliphatic imine (C=N–C) groups is 1. The molecule has 2 N–H and O–H groups in total. The van der Waals surface area contributed by atoms with Gasteiger partial charge in [-0.1, -0.05) is 35.9 Å². The van der Waals surface area contributed by atoms with Crippen LogP contribution in [-0.2, 0) is 0 Å². The quantitative estimate of drug-likeness (QED) is 0.464. The average molecular weight is 221 g/mol. The second-order valence-corrected chi connectivity index (χ2v) is 3.41. The fourth-order valence-corrected chi connectivity index (χ4v) is 1.69. The van der Waals surface area contributed by atoms with E-state index in [1.165, 1.54) is 6.34 Å². The number of benzene rings is 2. The molecule has 2 aromatic carbocycles. The van der Waals surface area contributed by atoms with Crippen LogP contribution < -0.4 is 5.48 Å². The first-order chi connectivity index (χ1) is 7.33. The van der Waals surface area contributed by atoms with Crippen molar-refractivity contribution in [3.05, 3.63) is 41.4 Å². The Labute approximate surface area is 92.0 Å². The minimum atomic E-state index is 0.696. The van der Waals surface area contributed by atoms with Crippen molar-refractivity contribution in [1.82, 2.24) is 5.48 Å². The molecule has 0 saturated carbocycles. The number of hydrogen-bond acceptors (Lipinski definition) is 2. The van der Waals surface area contributed by atoms with Crippen LogP contribution in [0.1, 0.15) is 0 Å². The molecular weight excluding hydrogens is 212 g/mol. The summed E-state index contributed by atoms with van der Waals surface area (Å²) >= 11 is 6.05. The van der Waals surface area contributed by atoms with Crippen LogP contribution in [0.2, 0.25) is 5.02 Å². The van der Waals surface area contributed by atoms with Gasteiger partial charge in [0.2, 0.25) is 0 Å². The molecule has 0 atom stereocenters. The molecule has 0 saturated heterocycles. The van der Waals surface area contributed by atoms with E-state index in [0.29, 0.717) is 5.02 Å². The number of fused-ring (bicyclic) bond motifs is 1. The highest BCUT2D eigenvalue weighted by Crippen LogP contribution is 2.30. The number of hydroxylamine groups is 1. The largest absolute Gasteiger partial charge is 0.290 e. The maximum atomic E-state index is 8.43. The molecule has 15 heavy (non-hydrogen) atoms. The number of nitrogens with one attached hydrogen (secondary N) is 1. The molecule has 3 nitrogen and oxygen atoms in total. The van der Waals surface area contributed by atoms with Crippen LogP contribution in [0.5, 0.6) is 0 Å². The summed E-state index contributed by atoms with van der Waals surface area (Å²) in [7, 11) is 0. The van der Waals surface area contributed by atoms with Crippen molar-refractivity contribution in [2.45, 2.75) is 0 Å². The van der Waals surface area contributed by atoms with E-state index in [1.807, 2.05) is 29.7 Å². The minimum absolute atomic E-state index is 0.696. The fraction of sp³-hybridized carbons (Fsp3) is 0. The summed E-state index contributed by atoms with van der Waals surface area (Å²) in [5, 5.41) is 11.0. The Morgan fingerprint density at radius 3 is 2.60 bits per heavy atom. The molecule has 0 aliphatic rings. The second kappa shape index (κ2) is 4.29. The lowest BCUT2D eigenvalue weighted by Gasteiger charge is -2.03. The van der Waals surface area contributed by atoms with Gasteiger partial charge in [0.25, 0.3) is 0 Å². The highest BCUT2D eigenvalue weighted by Gasteiger charge is 2.01. The van der Waals surface area contributed by atoms with Gasteiger partial charge in [-0.05, 0) is 12.1 Å². The van der Waals surface area contributed by atoms with Crippen molar-refractivity contribution in [3.63, 3.8) is 0 Å². The van der Waals surface area contributed by atoms with Crippen LogP contribution in [0.3, 0.4) is 0 Å². The van der Waals surface area contributed by atoms with Crippen molar-refractivity contribution < 1.29 is 5.21 Å². The smallest absolute Gasteiger partial charge is 0.113 e. The Balaban J connectivity index is 2.66. The second-order valence-electron chi connectivity index (χ2n) is 3.00. The van der Waals surface area contributed by atoms with E-state index in [1.54, 1.807) is 12.1 Å².